The third kappa shape index (κ3) is 4.74. The van der Waals surface area contributed by atoms with Crippen molar-refractivity contribution in [2.75, 3.05) is 0 Å². The quantitative estimate of drug-likeness (QED) is 0.298. The van der Waals surface area contributed by atoms with Gasteiger partial charge in [-0.3, -0.25) is 4.79 Å². The molecule has 0 heterocycles. The van der Waals surface area contributed by atoms with Crippen LogP contribution in [-0.4, -0.2) is 18.2 Å². The van der Waals surface area contributed by atoms with Crippen molar-refractivity contribution >= 4 is 12.1 Å². The minimum absolute atomic E-state index is 0.269. The molecule has 0 aromatic heterocycles. The third-order valence-corrected chi connectivity index (χ3v) is 10.9. The Labute approximate surface area is 201 Å². The fourth-order valence-electron chi connectivity index (χ4n) is 9.46. The Kier molecular flexibility index (Phi) is 7.51. The number of rotatable bonds is 6. The van der Waals surface area contributed by atoms with E-state index in [4.69, 9.17) is 9.47 Å². The Morgan fingerprint density at radius 1 is 0.939 bits per heavy atom. The van der Waals surface area contributed by atoms with Crippen LogP contribution in [0.4, 0.5) is 4.79 Å². The molecule has 0 bridgehead atoms. The molecule has 4 aliphatic carbocycles. The van der Waals surface area contributed by atoms with Crippen LogP contribution in [0.2, 0.25) is 0 Å². The molecular weight excluding hydrogens is 412 g/mol. The zero-order valence-corrected chi connectivity index (χ0v) is 21.9. The number of esters is 1. The minimum Gasteiger partial charge on any atom is -0.431 e. The van der Waals surface area contributed by atoms with Crippen molar-refractivity contribution < 1.29 is 19.1 Å². The first-order chi connectivity index (χ1) is 15.7. The first kappa shape index (κ1) is 25.0. The van der Waals surface area contributed by atoms with E-state index in [9.17, 15) is 9.59 Å². The summed E-state index contributed by atoms with van der Waals surface area (Å²) in [6.45, 7) is 11.2. The highest BCUT2D eigenvalue weighted by atomic mass is 16.7. The van der Waals surface area contributed by atoms with Crippen LogP contribution < -0.4 is 0 Å². The van der Waals surface area contributed by atoms with E-state index in [1.54, 1.807) is 13.8 Å². The topological polar surface area (TPSA) is 52.6 Å². The largest absolute Gasteiger partial charge is 0.516 e. The van der Waals surface area contributed by atoms with Crippen LogP contribution in [0.5, 0.6) is 0 Å². The normalized spacial score (nSPS) is 42.2. The van der Waals surface area contributed by atoms with Crippen molar-refractivity contribution in [3.05, 3.63) is 0 Å². The van der Waals surface area contributed by atoms with E-state index in [1.165, 1.54) is 64.2 Å². The van der Waals surface area contributed by atoms with Crippen LogP contribution in [0.1, 0.15) is 118 Å². The highest BCUT2D eigenvalue weighted by Gasteiger charge is 2.60. The highest BCUT2D eigenvalue weighted by Crippen LogP contribution is 2.69. The number of ether oxygens (including phenoxy) is 2. The van der Waals surface area contributed by atoms with E-state index in [-0.39, 0.29) is 6.10 Å². The summed E-state index contributed by atoms with van der Waals surface area (Å²) in [6.07, 6.45) is 15.2. The monoisotopic (exact) mass is 460 g/mol. The molecule has 0 saturated heterocycles. The zero-order valence-electron chi connectivity index (χ0n) is 21.9. The SMILES string of the molecule is CC[C@H]1CC2C3CCC(CCCC(=O)OC(=O)OC(C)C)C3(C)CC[C@@H]2C2(C)CCCCC12. The van der Waals surface area contributed by atoms with E-state index in [0.29, 0.717) is 23.2 Å². The highest BCUT2D eigenvalue weighted by molar-refractivity contribution is 5.81. The lowest BCUT2D eigenvalue weighted by molar-refractivity contribution is -0.141. The van der Waals surface area contributed by atoms with Crippen molar-refractivity contribution in [2.24, 2.45) is 46.3 Å². The molecule has 0 aromatic carbocycles. The predicted octanol–water partition coefficient (Wildman–Crippen LogP) is 7.93. The molecule has 0 spiro atoms. The van der Waals surface area contributed by atoms with Gasteiger partial charge < -0.3 is 9.47 Å². The first-order valence-electron chi connectivity index (χ1n) is 14.1. The molecule has 0 aromatic rings. The van der Waals surface area contributed by atoms with Crippen molar-refractivity contribution in [2.45, 2.75) is 124 Å². The second-order valence-electron chi connectivity index (χ2n) is 12.7. The van der Waals surface area contributed by atoms with Gasteiger partial charge in [-0.15, -0.1) is 0 Å². The standard InChI is InChI=1S/C29H48O4/c1-6-20-18-22-24-14-13-21(10-9-12-26(30)33-27(31)32-19(2)3)28(24,4)17-15-25(22)29(5)16-8-7-11-23(20)29/h19-25H,6-18H2,1-5H3/t20-,21?,22?,23?,24?,25-,28?,29?/m0/s1. The molecule has 4 nitrogen and oxygen atoms in total. The first-order valence-corrected chi connectivity index (χ1v) is 14.1. The Hall–Kier alpha value is -1.06. The molecule has 188 valence electrons. The summed E-state index contributed by atoms with van der Waals surface area (Å²) in [5.41, 5.74) is 1.01. The fourth-order valence-corrected chi connectivity index (χ4v) is 9.46. The smallest absolute Gasteiger partial charge is 0.431 e. The van der Waals surface area contributed by atoms with Gasteiger partial charge in [-0.1, -0.05) is 40.0 Å². The summed E-state index contributed by atoms with van der Waals surface area (Å²) >= 11 is 0. The maximum absolute atomic E-state index is 12.1. The van der Waals surface area contributed by atoms with E-state index >= 15 is 0 Å². The molecule has 0 radical (unpaired) electrons. The fraction of sp³-hybridized carbons (Fsp3) is 0.931. The van der Waals surface area contributed by atoms with Gasteiger partial charge in [0.25, 0.3) is 0 Å². The molecule has 4 aliphatic rings. The van der Waals surface area contributed by atoms with Gasteiger partial charge in [-0.05, 0) is 118 Å². The molecule has 4 rings (SSSR count). The maximum atomic E-state index is 12.1. The Morgan fingerprint density at radius 2 is 1.70 bits per heavy atom. The minimum atomic E-state index is -0.862. The third-order valence-electron chi connectivity index (χ3n) is 10.9. The van der Waals surface area contributed by atoms with Gasteiger partial charge in [0.2, 0.25) is 0 Å². The van der Waals surface area contributed by atoms with E-state index in [2.05, 4.69) is 20.8 Å². The van der Waals surface area contributed by atoms with Crippen LogP contribution >= 0.6 is 0 Å². The second kappa shape index (κ2) is 9.90. The van der Waals surface area contributed by atoms with Gasteiger partial charge in [0, 0.05) is 6.42 Å². The molecule has 4 fully saturated rings. The molecule has 0 N–H and O–H groups in total. The van der Waals surface area contributed by atoms with Crippen LogP contribution in [0.3, 0.4) is 0 Å². The van der Waals surface area contributed by atoms with Gasteiger partial charge in [-0.2, -0.15) is 0 Å². The number of hydrogen-bond acceptors (Lipinski definition) is 4. The van der Waals surface area contributed by atoms with Gasteiger partial charge in [0.15, 0.2) is 0 Å². The second-order valence-corrected chi connectivity index (χ2v) is 12.7. The number of carbonyl (C=O) groups is 2. The molecule has 4 saturated carbocycles. The van der Waals surface area contributed by atoms with Crippen molar-refractivity contribution in [3.8, 4) is 0 Å². The van der Waals surface area contributed by atoms with Gasteiger partial charge in [0.1, 0.15) is 0 Å². The molecule has 33 heavy (non-hydrogen) atoms. The Morgan fingerprint density at radius 3 is 2.42 bits per heavy atom. The molecule has 0 aliphatic heterocycles. The maximum Gasteiger partial charge on any atom is 0.516 e. The summed E-state index contributed by atoms with van der Waals surface area (Å²) in [7, 11) is 0. The van der Waals surface area contributed by atoms with Crippen molar-refractivity contribution in [3.63, 3.8) is 0 Å². The summed E-state index contributed by atoms with van der Waals surface area (Å²) in [5, 5.41) is 0. The van der Waals surface area contributed by atoms with Crippen LogP contribution in [-0.2, 0) is 14.3 Å². The number of carbonyl (C=O) groups excluding carboxylic acids is 2. The van der Waals surface area contributed by atoms with Crippen LogP contribution in [0, 0.1) is 46.3 Å². The van der Waals surface area contributed by atoms with E-state index < -0.39 is 12.1 Å². The molecule has 0 amide bonds. The average molecular weight is 461 g/mol. The van der Waals surface area contributed by atoms with Gasteiger partial charge >= 0.3 is 12.1 Å². The lowest BCUT2D eigenvalue weighted by Crippen LogP contribution is -2.55. The van der Waals surface area contributed by atoms with Crippen molar-refractivity contribution in [1.82, 2.24) is 0 Å². The summed E-state index contributed by atoms with van der Waals surface area (Å²) in [4.78, 5) is 23.6. The molecule has 8 atom stereocenters. The molecular formula is C29H48O4. The zero-order chi connectivity index (χ0) is 23.8. The Bertz CT molecular complexity index is 716. The lowest BCUT2D eigenvalue weighted by atomic mass is 9.42. The summed E-state index contributed by atoms with van der Waals surface area (Å²) < 4.78 is 9.73. The molecule has 6 unspecified atom stereocenters. The number of hydrogen-bond donors (Lipinski definition) is 0. The van der Waals surface area contributed by atoms with E-state index in [0.717, 1.165) is 42.4 Å². The Balaban J connectivity index is 1.37. The lowest BCUT2D eigenvalue weighted by Gasteiger charge is -2.62. The predicted molar refractivity (Wildman–Crippen MR) is 131 cm³/mol. The summed E-state index contributed by atoms with van der Waals surface area (Å²) in [6, 6.07) is 0. The van der Waals surface area contributed by atoms with E-state index in [1.807, 2.05) is 0 Å². The average Bonchev–Trinajstić information content (AvgIpc) is 3.08. The number of fused-ring (bicyclic) bond motifs is 5. The summed E-state index contributed by atoms with van der Waals surface area (Å²) in [5.74, 6) is 4.86. The van der Waals surface area contributed by atoms with Crippen molar-refractivity contribution in [1.29, 1.82) is 0 Å². The van der Waals surface area contributed by atoms with Crippen LogP contribution in [0.25, 0.3) is 0 Å². The molecule has 4 heteroatoms. The van der Waals surface area contributed by atoms with Crippen LogP contribution in [0.15, 0.2) is 0 Å². The van der Waals surface area contributed by atoms with Gasteiger partial charge in [0.05, 0.1) is 6.10 Å². The van der Waals surface area contributed by atoms with Gasteiger partial charge in [-0.25, -0.2) is 4.79 Å².